The lowest BCUT2D eigenvalue weighted by atomic mass is 10.1. The van der Waals surface area contributed by atoms with E-state index in [0.29, 0.717) is 6.54 Å². The van der Waals surface area contributed by atoms with Gasteiger partial charge in [-0.25, -0.2) is 0 Å². The van der Waals surface area contributed by atoms with Gasteiger partial charge in [0.2, 0.25) is 0 Å². The molecule has 0 saturated carbocycles. The van der Waals surface area contributed by atoms with E-state index in [0.717, 1.165) is 6.54 Å². The van der Waals surface area contributed by atoms with Crippen molar-refractivity contribution in [3.8, 4) is 0 Å². The van der Waals surface area contributed by atoms with E-state index < -0.39 is 0 Å². The maximum atomic E-state index is 5.66. The molecule has 2 heterocycles. The Labute approximate surface area is 102 Å². The number of rotatable bonds is 3. The van der Waals surface area contributed by atoms with Gasteiger partial charge in [0.15, 0.2) is 0 Å². The van der Waals surface area contributed by atoms with E-state index in [1.165, 1.54) is 48.1 Å². The highest BCUT2D eigenvalue weighted by Gasteiger charge is 2.12. The summed E-state index contributed by atoms with van der Waals surface area (Å²) in [6.07, 6.45) is 2.69. The standard InChI is InChI=1S/C14H19N3/c15-9-11-3-4-12-8-13(16-14(12)7-11)10-17-5-1-2-6-17/h3-4,7-8,16H,1-2,5-6,9-10,15H2. The number of likely N-dealkylation sites (tertiary alicyclic amines) is 1. The van der Waals surface area contributed by atoms with Gasteiger partial charge in [0.25, 0.3) is 0 Å². The molecule has 0 unspecified atom stereocenters. The molecule has 2 aromatic rings. The van der Waals surface area contributed by atoms with Crippen LogP contribution in [0.5, 0.6) is 0 Å². The number of aromatic amines is 1. The highest BCUT2D eigenvalue weighted by atomic mass is 15.1. The molecule has 3 N–H and O–H groups in total. The minimum Gasteiger partial charge on any atom is -0.357 e. The van der Waals surface area contributed by atoms with Crippen LogP contribution in [0.25, 0.3) is 10.9 Å². The highest BCUT2D eigenvalue weighted by Crippen LogP contribution is 2.19. The lowest BCUT2D eigenvalue weighted by Gasteiger charge is -2.12. The number of H-pyrrole nitrogens is 1. The van der Waals surface area contributed by atoms with Crippen LogP contribution in [0.15, 0.2) is 24.3 Å². The fraction of sp³-hybridized carbons (Fsp3) is 0.429. The SMILES string of the molecule is NCc1ccc2cc(CN3CCCC3)[nH]c2c1. The fourth-order valence-corrected chi connectivity index (χ4v) is 2.63. The third-order valence-corrected chi connectivity index (χ3v) is 3.57. The maximum Gasteiger partial charge on any atom is 0.0459 e. The molecule has 0 spiro atoms. The van der Waals surface area contributed by atoms with Crippen molar-refractivity contribution in [3.63, 3.8) is 0 Å². The van der Waals surface area contributed by atoms with Gasteiger partial charge in [-0.05, 0) is 49.0 Å². The van der Waals surface area contributed by atoms with Crippen LogP contribution < -0.4 is 5.73 Å². The molecule has 1 aliphatic heterocycles. The van der Waals surface area contributed by atoms with Gasteiger partial charge in [-0.15, -0.1) is 0 Å². The molecular weight excluding hydrogens is 210 g/mol. The van der Waals surface area contributed by atoms with E-state index in [9.17, 15) is 0 Å². The normalized spacial score (nSPS) is 17.0. The zero-order chi connectivity index (χ0) is 11.7. The average Bonchev–Trinajstić information content (AvgIpc) is 2.96. The first-order valence-corrected chi connectivity index (χ1v) is 6.38. The maximum absolute atomic E-state index is 5.66. The Morgan fingerprint density at radius 2 is 2.00 bits per heavy atom. The summed E-state index contributed by atoms with van der Waals surface area (Å²) in [5.74, 6) is 0. The molecule has 3 heteroatoms. The van der Waals surface area contributed by atoms with Gasteiger partial charge in [0.05, 0.1) is 0 Å². The molecule has 3 nitrogen and oxygen atoms in total. The van der Waals surface area contributed by atoms with Gasteiger partial charge in [-0.1, -0.05) is 12.1 Å². The highest BCUT2D eigenvalue weighted by molar-refractivity contribution is 5.81. The number of aromatic nitrogens is 1. The molecule has 0 amide bonds. The van der Waals surface area contributed by atoms with Gasteiger partial charge in [-0.3, -0.25) is 4.90 Å². The largest absolute Gasteiger partial charge is 0.357 e. The van der Waals surface area contributed by atoms with Gasteiger partial charge >= 0.3 is 0 Å². The number of nitrogens with zero attached hydrogens (tertiary/aromatic N) is 1. The second-order valence-electron chi connectivity index (χ2n) is 4.90. The predicted molar refractivity (Wildman–Crippen MR) is 70.7 cm³/mol. The number of benzene rings is 1. The molecule has 1 aromatic heterocycles. The summed E-state index contributed by atoms with van der Waals surface area (Å²) in [6, 6.07) is 8.67. The number of hydrogen-bond acceptors (Lipinski definition) is 2. The van der Waals surface area contributed by atoms with Crippen molar-refractivity contribution >= 4 is 10.9 Å². The van der Waals surface area contributed by atoms with Crippen LogP contribution in [0.3, 0.4) is 0 Å². The molecule has 90 valence electrons. The van der Waals surface area contributed by atoms with Gasteiger partial charge in [0.1, 0.15) is 0 Å². The smallest absolute Gasteiger partial charge is 0.0459 e. The van der Waals surface area contributed by atoms with Crippen molar-refractivity contribution in [3.05, 3.63) is 35.5 Å². The van der Waals surface area contributed by atoms with Crippen molar-refractivity contribution in [2.75, 3.05) is 13.1 Å². The Kier molecular flexibility index (Phi) is 2.87. The third-order valence-electron chi connectivity index (χ3n) is 3.57. The molecule has 0 bridgehead atoms. The van der Waals surface area contributed by atoms with Crippen molar-refractivity contribution in [1.29, 1.82) is 0 Å². The second-order valence-corrected chi connectivity index (χ2v) is 4.90. The van der Waals surface area contributed by atoms with E-state index in [1.54, 1.807) is 0 Å². The summed E-state index contributed by atoms with van der Waals surface area (Å²) >= 11 is 0. The number of nitrogens with one attached hydrogen (secondary N) is 1. The summed E-state index contributed by atoms with van der Waals surface area (Å²) in [6.45, 7) is 4.13. The first kappa shape index (κ1) is 10.8. The van der Waals surface area contributed by atoms with E-state index in [2.05, 4.69) is 34.1 Å². The topological polar surface area (TPSA) is 45.0 Å². The second kappa shape index (κ2) is 4.51. The molecule has 3 rings (SSSR count). The first-order chi connectivity index (χ1) is 8.35. The minimum atomic E-state index is 0.608. The van der Waals surface area contributed by atoms with Crippen LogP contribution in [0, 0.1) is 0 Å². The molecule has 1 saturated heterocycles. The quantitative estimate of drug-likeness (QED) is 0.847. The minimum absolute atomic E-state index is 0.608. The van der Waals surface area contributed by atoms with Crippen LogP contribution in [0.2, 0.25) is 0 Å². The zero-order valence-corrected chi connectivity index (χ0v) is 10.1. The molecular formula is C14H19N3. The Morgan fingerprint density at radius 3 is 2.76 bits per heavy atom. The molecule has 1 aromatic carbocycles. The summed E-state index contributed by atoms with van der Waals surface area (Å²) < 4.78 is 0. The van der Waals surface area contributed by atoms with Crippen LogP contribution in [-0.4, -0.2) is 23.0 Å². The van der Waals surface area contributed by atoms with Crippen LogP contribution in [0.1, 0.15) is 24.1 Å². The van der Waals surface area contributed by atoms with Crippen molar-refractivity contribution in [1.82, 2.24) is 9.88 Å². The van der Waals surface area contributed by atoms with Gasteiger partial charge < -0.3 is 10.7 Å². The third kappa shape index (κ3) is 2.21. The molecule has 17 heavy (non-hydrogen) atoms. The summed E-state index contributed by atoms with van der Waals surface area (Å²) in [5, 5.41) is 1.29. The lowest BCUT2D eigenvalue weighted by Crippen LogP contribution is -2.18. The van der Waals surface area contributed by atoms with E-state index in [-0.39, 0.29) is 0 Å². The van der Waals surface area contributed by atoms with E-state index in [4.69, 9.17) is 5.73 Å². The molecule has 1 aliphatic rings. The van der Waals surface area contributed by atoms with Crippen molar-refractivity contribution < 1.29 is 0 Å². The summed E-state index contributed by atoms with van der Waals surface area (Å²) in [5.41, 5.74) is 9.37. The number of nitrogens with two attached hydrogens (primary N) is 1. The Hall–Kier alpha value is -1.32. The predicted octanol–water partition coefficient (Wildman–Crippen LogP) is 2.22. The Morgan fingerprint density at radius 1 is 1.18 bits per heavy atom. The Bertz CT molecular complexity index is 509. The van der Waals surface area contributed by atoms with Gasteiger partial charge in [0, 0.05) is 24.3 Å². The van der Waals surface area contributed by atoms with Crippen molar-refractivity contribution in [2.45, 2.75) is 25.9 Å². The molecule has 0 radical (unpaired) electrons. The van der Waals surface area contributed by atoms with Crippen LogP contribution in [-0.2, 0) is 13.1 Å². The van der Waals surface area contributed by atoms with Gasteiger partial charge in [-0.2, -0.15) is 0 Å². The number of hydrogen-bond donors (Lipinski definition) is 2. The summed E-state index contributed by atoms with van der Waals surface area (Å²) in [4.78, 5) is 6.01. The van der Waals surface area contributed by atoms with E-state index in [1.807, 2.05) is 0 Å². The van der Waals surface area contributed by atoms with E-state index >= 15 is 0 Å². The van der Waals surface area contributed by atoms with Crippen LogP contribution >= 0.6 is 0 Å². The monoisotopic (exact) mass is 229 g/mol. The summed E-state index contributed by atoms with van der Waals surface area (Å²) in [7, 11) is 0. The number of fused-ring (bicyclic) bond motifs is 1. The molecule has 0 aliphatic carbocycles. The van der Waals surface area contributed by atoms with Crippen molar-refractivity contribution in [2.24, 2.45) is 5.73 Å². The molecule has 1 fully saturated rings. The zero-order valence-electron chi connectivity index (χ0n) is 10.1. The lowest BCUT2D eigenvalue weighted by molar-refractivity contribution is 0.328. The average molecular weight is 229 g/mol. The first-order valence-electron chi connectivity index (χ1n) is 6.38. The Balaban J connectivity index is 1.85. The fourth-order valence-electron chi connectivity index (χ4n) is 2.63. The van der Waals surface area contributed by atoms with Crippen LogP contribution in [0.4, 0.5) is 0 Å². The molecule has 0 atom stereocenters.